The molecule has 0 unspecified atom stereocenters. The number of carbonyl (C=O) groups excluding carboxylic acids is 1. The molecule has 0 saturated carbocycles. The van der Waals surface area contributed by atoms with Gasteiger partial charge in [-0.25, -0.2) is 0 Å². The third kappa shape index (κ3) is 10.3. The van der Waals surface area contributed by atoms with Crippen LogP contribution in [0.2, 0.25) is 0 Å². The van der Waals surface area contributed by atoms with Crippen molar-refractivity contribution in [3.63, 3.8) is 0 Å². The molecule has 0 atom stereocenters. The van der Waals surface area contributed by atoms with Gasteiger partial charge in [-0.05, 0) is 18.9 Å². The summed E-state index contributed by atoms with van der Waals surface area (Å²) in [5.41, 5.74) is 0. The van der Waals surface area contributed by atoms with Gasteiger partial charge in [0, 0.05) is 13.0 Å². The van der Waals surface area contributed by atoms with Crippen LogP contribution in [0.4, 0.5) is 0 Å². The maximum Gasteiger partial charge on any atom is 0.243 e. The second-order valence-corrected chi connectivity index (χ2v) is 5.65. The molecule has 106 valence electrons. The van der Waals surface area contributed by atoms with E-state index >= 15 is 0 Å². The molecule has 0 aliphatic heterocycles. The number of carbonyl (C=O) groups is 1. The Morgan fingerprint density at radius 1 is 1.11 bits per heavy atom. The minimum absolute atomic E-state index is 0.0696. The minimum Gasteiger partial charge on any atom is -0.352 e. The molecule has 0 fully saturated rings. The SMILES string of the molecule is C=CC(=O)NCCC[N+](C)(C)CCCCCCC. The Bertz CT molecular complexity index is 237. The van der Waals surface area contributed by atoms with Gasteiger partial charge in [-0.1, -0.05) is 32.8 Å². The van der Waals surface area contributed by atoms with E-state index in [0.717, 1.165) is 24.0 Å². The number of unbranched alkanes of at least 4 members (excludes halogenated alkanes) is 4. The van der Waals surface area contributed by atoms with Crippen LogP contribution in [0.15, 0.2) is 12.7 Å². The van der Waals surface area contributed by atoms with Crippen LogP contribution in [-0.2, 0) is 4.79 Å². The molecule has 1 N–H and O–H groups in total. The zero-order chi connectivity index (χ0) is 13.9. The summed E-state index contributed by atoms with van der Waals surface area (Å²) < 4.78 is 1.05. The standard InChI is InChI=1S/C15H30N2O/c1-5-7-8-9-10-13-17(3,4)14-11-12-16-15(18)6-2/h6H,2,5,7-14H2,1,3-4H3/p+1. The van der Waals surface area contributed by atoms with Gasteiger partial charge in [0.15, 0.2) is 0 Å². The summed E-state index contributed by atoms with van der Waals surface area (Å²) in [6.45, 7) is 8.79. The summed E-state index contributed by atoms with van der Waals surface area (Å²) in [6.07, 6.45) is 9.05. The molecular weight excluding hydrogens is 224 g/mol. The van der Waals surface area contributed by atoms with E-state index in [-0.39, 0.29) is 5.91 Å². The van der Waals surface area contributed by atoms with Gasteiger partial charge < -0.3 is 9.80 Å². The average Bonchev–Trinajstić information content (AvgIpc) is 2.34. The first kappa shape index (κ1) is 17.2. The Hall–Kier alpha value is -0.830. The first-order chi connectivity index (χ1) is 8.52. The molecule has 0 aromatic rings. The zero-order valence-corrected chi connectivity index (χ0v) is 12.5. The van der Waals surface area contributed by atoms with E-state index in [0.29, 0.717) is 0 Å². The van der Waals surface area contributed by atoms with Crippen molar-refractivity contribution in [3.8, 4) is 0 Å². The first-order valence-corrected chi connectivity index (χ1v) is 7.24. The van der Waals surface area contributed by atoms with Crippen LogP contribution >= 0.6 is 0 Å². The molecule has 0 radical (unpaired) electrons. The molecular formula is C15H31N2O+. The van der Waals surface area contributed by atoms with Gasteiger partial charge in [0.25, 0.3) is 0 Å². The van der Waals surface area contributed by atoms with E-state index in [2.05, 4.69) is 32.9 Å². The van der Waals surface area contributed by atoms with Gasteiger partial charge in [0.05, 0.1) is 27.2 Å². The highest BCUT2D eigenvalue weighted by atomic mass is 16.1. The molecule has 0 heterocycles. The summed E-state index contributed by atoms with van der Waals surface area (Å²) in [7, 11) is 4.55. The molecule has 0 aliphatic carbocycles. The van der Waals surface area contributed by atoms with E-state index in [4.69, 9.17) is 0 Å². The second kappa shape index (κ2) is 10.1. The van der Waals surface area contributed by atoms with Crippen molar-refractivity contribution in [2.75, 3.05) is 33.7 Å². The lowest BCUT2D eigenvalue weighted by Crippen LogP contribution is -2.42. The first-order valence-electron chi connectivity index (χ1n) is 7.24. The largest absolute Gasteiger partial charge is 0.352 e. The smallest absolute Gasteiger partial charge is 0.243 e. The summed E-state index contributed by atoms with van der Waals surface area (Å²) in [6, 6.07) is 0. The predicted molar refractivity (Wildman–Crippen MR) is 78.4 cm³/mol. The van der Waals surface area contributed by atoms with Crippen molar-refractivity contribution in [2.24, 2.45) is 0 Å². The van der Waals surface area contributed by atoms with Crippen molar-refractivity contribution >= 4 is 5.91 Å². The van der Waals surface area contributed by atoms with Crippen molar-refractivity contribution in [3.05, 3.63) is 12.7 Å². The maximum atomic E-state index is 11.0. The molecule has 0 bridgehead atoms. The Kier molecular flexibility index (Phi) is 9.66. The number of hydrogen-bond acceptors (Lipinski definition) is 1. The van der Waals surface area contributed by atoms with E-state index in [1.807, 2.05) is 0 Å². The van der Waals surface area contributed by atoms with Gasteiger partial charge in [-0.15, -0.1) is 0 Å². The molecule has 1 amide bonds. The third-order valence-electron chi connectivity index (χ3n) is 3.29. The Balaban J connectivity index is 3.54. The Morgan fingerprint density at radius 3 is 2.33 bits per heavy atom. The Morgan fingerprint density at radius 2 is 1.72 bits per heavy atom. The van der Waals surface area contributed by atoms with Crippen molar-refractivity contribution in [2.45, 2.75) is 45.4 Å². The van der Waals surface area contributed by atoms with Gasteiger partial charge in [-0.2, -0.15) is 0 Å². The summed E-state index contributed by atoms with van der Waals surface area (Å²) in [4.78, 5) is 11.0. The van der Waals surface area contributed by atoms with Gasteiger partial charge in [-0.3, -0.25) is 4.79 Å². The molecule has 0 rings (SSSR count). The third-order valence-corrected chi connectivity index (χ3v) is 3.29. The highest BCUT2D eigenvalue weighted by molar-refractivity contribution is 5.86. The number of amides is 1. The van der Waals surface area contributed by atoms with E-state index in [9.17, 15) is 4.79 Å². The average molecular weight is 255 g/mol. The number of quaternary nitrogens is 1. The number of nitrogens with zero attached hydrogens (tertiary/aromatic N) is 1. The van der Waals surface area contributed by atoms with Crippen LogP contribution in [-0.4, -0.2) is 44.1 Å². The van der Waals surface area contributed by atoms with Gasteiger partial charge >= 0.3 is 0 Å². The van der Waals surface area contributed by atoms with Crippen molar-refractivity contribution in [1.82, 2.24) is 5.32 Å². The molecule has 0 aliphatic rings. The maximum absolute atomic E-state index is 11.0. The fourth-order valence-electron chi connectivity index (χ4n) is 2.05. The minimum atomic E-state index is -0.0696. The highest BCUT2D eigenvalue weighted by Gasteiger charge is 2.13. The second-order valence-electron chi connectivity index (χ2n) is 5.65. The summed E-state index contributed by atoms with van der Waals surface area (Å²) in [5, 5.41) is 2.82. The van der Waals surface area contributed by atoms with Gasteiger partial charge in [0.1, 0.15) is 0 Å². The topological polar surface area (TPSA) is 29.1 Å². The van der Waals surface area contributed by atoms with Crippen molar-refractivity contribution in [1.29, 1.82) is 0 Å². The molecule has 3 heteroatoms. The number of hydrogen-bond donors (Lipinski definition) is 1. The normalized spacial score (nSPS) is 11.3. The number of nitrogens with one attached hydrogen (secondary N) is 1. The van der Waals surface area contributed by atoms with Crippen molar-refractivity contribution < 1.29 is 9.28 Å². The zero-order valence-electron chi connectivity index (χ0n) is 12.5. The molecule has 0 aromatic carbocycles. The van der Waals surface area contributed by atoms with E-state index in [1.54, 1.807) is 0 Å². The molecule has 3 nitrogen and oxygen atoms in total. The summed E-state index contributed by atoms with van der Waals surface area (Å²) >= 11 is 0. The van der Waals surface area contributed by atoms with E-state index in [1.165, 1.54) is 44.7 Å². The monoisotopic (exact) mass is 255 g/mol. The lowest BCUT2D eigenvalue weighted by atomic mass is 10.1. The van der Waals surface area contributed by atoms with Crippen LogP contribution < -0.4 is 5.32 Å². The molecule has 0 aromatic heterocycles. The fourth-order valence-corrected chi connectivity index (χ4v) is 2.05. The van der Waals surface area contributed by atoms with Crippen LogP contribution in [0.5, 0.6) is 0 Å². The lowest BCUT2D eigenvalue weighted by molar-refractivity contribution is -0.890. The van der Waals surface area contributed by atoms with Crippen LogP contribution in [0.25, 0.3) is 0 Å². The Labute approximate surface area is 113 Å². The predicted octanol–water partition coefficient (Wildman–Crippen LogP) is 2.73. The fraction of sp³-hybridized carbons (Fsp3) is 0.800. The van der Waals surface area contributed by atoms with Crippen LogP contribution in [0, 0.1) is 0 Å². The lowest BCUT2D eigenvalue weighted by Gasteiger charge is -2.30. The van der Waals surface area contributed by atoms with Crippen LogP contribution in [0.3, 0.4) is 0 Å². The van der Waals surface area contributed by atoms with E-state index < -0.39 is 0 Å². The van der Waals surface area contributed by atoms with Gasteiger partial charge in [0.2, 0.25) is 5.91 Å². The highest BCUT2D eigenvalue weighted by Crippen LogP contribution is 2.07. The quantitative estimate of drug-likeness (QED) is 0.343. The molecule has 0 saturated heterocycles. The molecule has 18 heavy (non-hydrogen) atoms. The molecule has 0 spiro atoms. The summed E-state index contributed by atoms with van der Waals surface area (Å²) in [5.74, 6) is -0.0696. The number of rotatable bonds is 11. The van der Waals surface area contributed by atoms with Crippen LogP contribution in [0.1, 0.15) is 45.4 Å².